The lowest BCUT2D eigenvalue weighted by Crippen LogP contribution is -2.48. The van der Waals surface area contributed by atoms with Gasteiger partial charge in [-0.25, -0.2) is 0 Å². The Morgan fingerprint density at radius 1 is 1.19 bits per heavy atom. The molecule has 116 valence electrons. The quantitative estimate of drug-likeness (QED) is 0.883. The summed E-state index contributed by atoms with van der Waals surface area (Å²) in [5.41, 5.74) is 1.84. The summed E-state index contributed by atoms with van der Waals surface area (Å²) in [4.78, 5) is 16.3. The molecule has 1 atom stereocenters. The van der Waals surface area contributed by atoms with E-state index in [2.05, 4.69) is 35.0 Å². The van der Waals surface area contributed by atoms with Crippen molar-refractivity contribution in [1.82, 2.24) is 4.90 Å². The van der Waals surface area contributed by atoms with Crippen LogP contribution < -0.4 is 10.2 Å². The van der Waals surface area contributed by atoms with Crippen LogP contribution in [-0.4, -0.2) is 54.2 Å². The third-order valence-corrected chi connectivity index (χ3v) is 3.90. The summed E-state index contributed by atoms with van der Waals surface area (Å²) in [6.07, 6.45) is -0.997. The van der Waals surface area contributed by atoms with Crippen molar-refractivity contribution in [3.05, 3.63) is 24.3 Å². The van der Waals surface area contributed by atoms with Crippen LogP contribution in [0.15, 0.2) is 24.3 Å². The minimum Gasteiger partial charge on any atom is -0.384 e. The maximum absolute atomic E-state index is 11.5. The number of benzene rings is 1. The van der Waals surface area contributed by atoms with Crippen LogP contribution in [0.25, 0.3) is 0 Å². The first kappa shape index (κ1) is 15.8. The second-order valence-electron chi connectivity index (χ2n) is 5.83. The Kier molecular flexibility index (Phi) is 5.20. The van der Waals surface area contributed by atoms with Crippen LogP contribution in [0, 0.1) is 0 Å². The van der Waals surface area contributed by atoms with Crippen LogP contribution in [0.3, 0.4) is 0 Å². The molecule has 0 saturated carbocycles. The molecule has 0 aliphatic carbocycles. The van der Waals surface area contributed by atoms with E-state index in [0.717, 1.165) is 37.6 Å². The van der Waals surface area contributed by atoms with Crippen LogP contribution in [0.2, 0.25) is 0 Å². The van der Waals surface area contributed by atoms with Gasteiger partial charge in [0.2, 0.25) is 0 Å². The highest BCUT2D eigenvalue weighted by atomic mass is 16.3. The molecule has 1 aromatic rings. The van der Waals surface area contributed by atoms with Gasteiger partial charge in [0, 0.05) is 43.6 Å². The summed E-state index contributed by atoms with van der Waals surface area (Å²) in [6.45, 7) is 10.0. The molecular formula is C16H25N3O2. The van der Waals surface area contributed by atoms with E-state index in [1.165, 1.54) is 6.92 Å². The number of nitrogens with one attached hydrogen (secondary N) is 1. The highest BCUT2D eigenvalue weighted by molar-refractivity contribution is 5.94. The Bertz CT molecular complexity index is 480. The van der Waals surface area contributed by atoms with Gasteiger partial charge in [0.25, 0.3) is 5.91 Å². The molecule has 1 aliphatic heterocycles. The molecule has 5 heteroatoms. The second-order valence-corrected chi connectivity index (χ2v) is 5.83. The molecule has 0 spiro atoms. The molecule has 1 unspecified atom stereocenters. The van der Waals surface area contributed by atoms with Gasteiger partial charge in [0.15, 0.2) is 0 Å². The zero-order chi connectivity index (χ0) is 15.4. The molecule has 1 fully saturated rings. The Morgan fingerprint density at radius 2 is 1.86 bits per heavy atom. The van der Waals surface area contributed by atoms with Crippen LogP contribution >= 0.6 is 0 Å². The van der Waals surface area contributed by atoms with E-state index in [9.17, 15) is 9.90 Å². The van der Waals surface area contributed by atoms with E-state index in [1.807, 2.05) is 18.2 Å². The van der Waals surface area contributed by atoms with Gasteiger partial charge in [0.1, 0.15) is 6.10 Å². The first-order valence-electron chi connectivity index (χ1n) is 7.55. The number of hydrogen-bond acceptors (Lipinski definition) is 4. The lowest BCUT2D eigenvalue weighted by molar-refractivity contribution is -0.123. The smallest absolute Gasteiger partial charge is 0.252 e. The number of carbonyl (C=O) groups is 1. The van der Waals surface area contributed by atoms with E-state index in [-0.39, 0.29) is 5.91 Å². The monoisotopic (exact) mass is 291 g/mol. The number of piperazine rings is 1. The SMILES string of the molecule is CC(O)C(=O)Nc1cccc(N2CCN(C(C)C)CC2)c1. The van der Waals surface area contributed by atoms with E-state index < -0.39 is 6.10 Å². The van der Waals surface area contributed by atoms with Crippen molar-refractivity contribution < 1.29 is 9.90 Å². The fraction of sp³-hybridized carbons (Fsp3) is 0.562. The van der Waals surface area contributed by atoms with Gasteiger partial charge < -0.3 is 15.3 Å². The third kappa shape index (κ3) is 4.19. The van der Waals surface area contributed by atoms with Crippen LogP contribution in [-0.2, 0) is 4.79 Å². The van der Waals surface area contributed by atoms with Crippen molar-refractivity contribution >= 4 is 17.3 Å². The van der Waals surface area contributed by atoms with Gasteiger partial charge in [-0.2, -0.15) is 0 Å². The van der Waals surface area contributed by atoms with Crippen LogP contribution in [0.4, 0.5) is 11.4 Å². The highest BCUT2D eigenvalue weighted by Gasteiger charge is 2.19. The van der Waals surface area contributed by atoms with E-state index >= 15 is 0 Å². The Morgan fingerprint density at radius 3 is 2.43 bits per heavy atom. The number of hydrogen-bond donors (Lipinski definition) is 2. The lowest BCUT2D eigenvalue weighted by Gasteiger charge is -2.38. The molecule has 1 aromatic carbocycles. The van der Waals surface area contributed by atoms with Crippen molar-refractivity contribution in [2.75, 3.05) is 36.4 Å². The van der Waals surface area contributed by atoms with Gasteiger partial charge in [-0.3, -0.25) is 9.69 Å². The largest absolute Gasteiger partial charge is 0.384 e. The zero-order valence-corrected chi connectivity index (χ0v) is 13.0. The fourth-order valence-electron chi connectivity index (χ4n) is 2.52. The molecule has 2 N–H and O–H groups in total. The average Bonchev–Trinajstić information content (AvgIpc) is 2.47. The molecule has 1 heterocycles. The van der Waals surface area contributed by atoms with Crippen molar-refractivity contribution in [2.24, 2.45) is 0 Å². The van der Waals surface area contributed by atoms with Crippen molar-refractivity contribution in [1.29, 1.82) is 0 Å². The Labute approximate surface area is 126 Å². The van der Waals surface area contributed by atoms with Crippen molar-refractivity contribution in [2.45, 2.75) is 32.9 Å². The normalized spacial score (nSPS) is 17.9. The number of nitrogens with zero attached hydrogens (tertiary/aromatic N) is 2. The highest BCUT2D eigenvalue weighted by Crippen LogP contribution is 2.21. The van der Waals surface area contributed by atoms with Gasteiger partial charge in [-0.05, 0) is 39.0 Å². The number of rotatable bonds is 4. The Hall–Kier alpha value is -1.59. The van der Waals surface area contributed by atoms with Crippen LogP contribution in [0.5, 0.6) is 0 Å². The summed E-state index contributed by atoms with van der Waals surface area (Å²) in [5, 5.41) is 12.0. The number of aliphatic hydroxyl groups is 1. The van der Waals surface area contributed by atoms with Gasteiger partial charge in [-0.15, -0.1) is 0 Å². The molecule has 5 nitrogen and oxygen atoms in total. The fourth-order valence-corrected chi connectivity index (χ4v) is 2.52. The number of carbonyl (C=O) groups excluding carboxylic acids is 1. The van der Waals surface area contributed by atoms with Gasteiger partial charge in [-0.1, -0.05) is 6.07 Å². The minimum absolute atomic E-state index is 0.378. The van der Waals surface area contributed by atoms with Crippen molar-refractivity contribution in [3.8, 4) is 0 Å². The summed E-state index contributed by atoms with van der Waals surface area (Å²) >= 11 is 0. The van der Waals surface area contributed by atoms with E-state index in [0.29, 0.717) is 6.04 Å². The predicted molar refractivity (Wildman–Crippen MR) is 85.7 cm³/mol. The number of amides is 1. The summed E-state index contributed by atoms with van der Waals surface area (Å²) in [6, 6.07) is 8.38. The van der Waals surface area contributed by atoms with Gasteiger partial charge >= 0.3 is 0 Å². The molecule has 1 saturated heterocycles. The zero-order valence-electron chi connectivity index (χ0n) is 13.0. The van der Waals surface area contributed by atoms with E-state index in [4.69, 9.17) is 0 Å². The maximum Gasteiger partial charge on any atom is 0.252 e. The second kappa shape index (κ2) is 6.91. The molecule has 0 aromatic heterocycles. The minimum atomic E-state index is -0.997. The van der Waals surface area contributed by atoms with Crippen LogP contribution in [0.1, 0.15) is 20.8 Å². The van der Waals surface area contributed by atoms with E-state index in [1.54, 1.807) is 0 Å². The predicted octanol–water partition coefficient (Wildman–Crippen LogP) is 1.54. The molecule has 1 aliphatic rings. The molecule has 21 heavy (non-hydrogen) atoms. The third-order valence-electron chi connectivity index (χ3n) is 3.90. The van der Waals surface area contributed by atoms with Crippen molar-refractivity contribution in [3.63, 3.8) is 0 Å². The standard InChI is InChI=1S/C16H25N3O2/c1-12(2)18-7-9-19(10-8-18)15-6-4-5-14(11-15)17-16(21)13(3)20/h4-6,11-13,20H,7-10H2,1-3H3,(H,17,21). The summed E-state index contributed by atoms with van der Waals surface area (Å²) < 4.78 is 0. The first-order valence-corrected chi connectivity index (χ1v) is 7.55. The van der Waals surface area contributed by atoms with Gasteiger partial charge in [0.05, 0.1) is 0 Å². The summed E-state index contributed by atoms with van der Waals surface area (Å²) in [7, 11) is 0. The topological polar surface area (TPSA) is 55.8 Å². The number of aliphatic hydroxyl groups excluding tert-OH is 1. The molecule has 1 amide bonds. The lowest BCUT2D eigenvalue weighted by atomic mass is 10.2. The summed E-state index contributed by atoms with van der Waals surface area (Å²) in [5.74, 6) is -0.378. The molecule has 2 rings (SSSR count). The Balaban J connectivity index is 2.00. The first-order chi connectivity index (χ1) is 9.97. The molecular weight excluding hydrogens is 266 g/mol. The number of anilines is 2. The average molecular weight is 291 g/mol. The molecule has 0 radical (unpaired) electrons. The molecule has 0 bridgehead atoms. The maximum atomic E-state index is 11.5.